The van der Waals surface area contributed by atoms with Crippen LogP contribution in [-0.2, 0) is 34.0 Å². The number of hydrogen-bond donors (Lipinski definition) is 2. The summed E-state index contributed by atoms with van der Waals surface area (Å²) in [6.45, 7) is 10.3. The van der Waals surface area contributed by atoms with E-state index in [2.05, 4.69) is 166 Å². The van der Waals surface area contributed by atoms with Gasteiger partial charge < -0.3 is 40.0 Å². The molecule has 1 saturated carbocycles. The van der Waals surface area contributed by atoms with Gasteiger partial charge in [-0.25, -0.2) is 19.6 Å². The van der Waals surface area contributed by atoms with Crippen molar-refractivity contribution in [2.45, 2.75) is 134 Å². The lowest BCUT2D eigenvalue weighted by atomic mass is 9.71. The zero-order chi connectivity index (χ0) is 77.4. The fourth-order valence-corrected chi connectivity index (χ4v) is 18.3. The lowest BCUT2D eigenvalue weighted by Crippen LogP contribution is -2.53. The Morgan fingerprint density at radius 1 is 0.434 bits per heavy atom. The van der Waals surface area contributed by atoms with Crippen molar-refractivity contribution in [2.75, 3.05) is 94.2 Å². The van der Waals surface area contributed by atoms with Crippen LogP contribution >= 0.6 is 22.6 Å². The molecule has 0 radical (unpaired) electrons. The van der Waals surface area contributed by atoms with Gasteiger partial charge in [-0.15, -0.1) is 5.10 Å². The van der Waals surface area contributed by atoms with E-state index in [1.165, 1.54) is 34.8 Å². The normalized spacial score (nSPS) is 19.7. The molecular formula is C87H101IN22O3. The van der Waals surface area contributed by atoms with Crippen LogP contribution in [0.1, 0.15) is 119 Å². The molecule has 7 fully saturated rings. The Hall–Kier alpha value is -10.6. The molecule has 0 bridgehead atoms. The summed E-state index contributed by atoms with van der Waals surface area (Å²) in [7, 11) is 4.11. The van der Waals surface area contributed by atoms with Crippen LogP contribution in [0.5, 0.6) is 0 Å². The van der Waals surface area contributed by atoms with Crippen molar-refractivity contribution in [3.05, 3.63) is 222 Å². The number of piperidine rings is 6. The van der Waals surface area contributed by atoms with Crippen LogP contribution in [0.4, 0.5) is 17.5 Å². The van der Waals surface area contributed by atoms with Crippen LogP contribution in [0, 0.1) is 19.8 Å². The van der Waals surface area contributed by atoms with E-state index in [4.69, 9.17) is 15.0 Å². The van der Waals surface area contributed by atoms with E-state index in [0.717, 1.165) is 222 Å². The molecule has 26 heteroatoms. The van der Waals surface area contributed by atoms with Crippen LogP contribution < -0.4 is 25.3 Å². The highest BCUT2D eigenvalue weighted by Crippen LogP contribution is 2.45. The van der Waals surface area contributed by atoms with Crippen LogP contribution in [0.2, 0.25) is 0 Å². The summed E-state index contributed by atoms with van der Waals surface area (Å²) in [6, 6.07) is 50.0. The molecule has 5 aromatic heterocycles. The number of aromatic nitrogens is 12. The molecule has 584 valence electrons. The van der Waals surface area contributed by atoms with Crippen LogP contribution in [0.25, 0.3) is 44.5 Å². The van der Waals surface area contributed by atoms with Crippen molar-refractivity contribution < 1.29 is 14.4 Å². The number of benzene rings is 6. The molecule has 19 rings (SSSR count). The number of para-hydroxylation sites is 6. The molecule has 8 aliphatic rings. The fraction of sp³-hybridized carbons (Fsp3) is 0.414. The van der Waals surface area contributed by atoms with Crippen molar-refractivity contribution in [2.24, 2.45) is 26.5 Å². The van der Waals surface area contributed by atoms with Gasteiger partial charge in [0.1, 0.15) is 17.5 Å². The molecule has 3 amide bonds. The molecule has 1 aliphatic carbocycles. The molecule has 0 unspecified atom stereocenters. The third-order valence-corrected chi connectivity index (χ3v) is 24.7. The Morgan fingerprint density at radius 2 is 0.832 bits per heavy atom. The molecular weight excluding hydrogens is 1530 g/mol. The van der Waals surface area contributed by atoms with Crippen molar-refractivity contribution in [3.63, 3.8) is 0 Å². The molecule has 6 aromatic carbocycles. The molecule has 12 heterocycles. The molecule has 113 heavy (non-hydrogen) atoms. The van der Waals surface area contributed by atoms with E-state index in [-0.39, 0.29) is 16.2 Å². The van der Waals surface area contributed by atoms with Crippen molar-refractivity contribution >= 4 is 90.9 Å². The summed E-state index contributed by atoms with van der Waals surface area (Å²) in [5, 5.41) is 30.2. The maximum absolute atomic E-state index is 13.7. The zero-order valence-electron chi connectivity index (χ0n) is 64.8. The number of carbonyl (C=O) groups excluding carboxylic acids is 3. The monoisotopic (exact) mass is 1630 g/mol. The topological polar surface area (TPSA) is 258 Å². The number of carbonyl (C=O) groups is 3. The summed E-state index contributed by atoms with van der Waals surface area (Å²) in [5.74, 6) is 3.66. The Morgan fingerprint density at radius 3 is 1.20 bits per heavy atom. The number of nitrogens with zero attached hydrogens (tertiary/aromatic N) is 20. The Balaban J connectivity index is 0.000000122. The number of azo groups is 1. The first kappa shape index (κ1) is 77.7. The van der Waals surface area contributed by atoms with Gasteiger partial charge in [0.2, 0.25) is 17.7 Å². The number of halogens is 1. The molecule has 25 nitrogen and oxygen atoms in total. The molecule has 2 N–H and O–H groups in total. The minimum Gasteiger partial charge on any atom is -0.355 e. The van der Waals surface area contributed by atoms with Crippen molar-refractivity contribution in [3.8, 4) is 11.4 Å². The van der Waals surface area contributed by atoms with Gasteiger partial charge >= 0.3 is 0 Å². The molecule has 7 aliphatic heterocycles. The van der Waals surface area contributed by atoms with Gasteiger partial charge in [-0.2, -0.15) is 25.2 Å². The van der Waals surface area contributed by atoms with Crippen molar-refractivity contribution in [1.29, 1.82) is 0 Å². The maximum Gasteiger partial charge on any atom is 0.229 e. The number of hydrogen-bond acceptors (Lipinski definition) is 20. The minimum absolute atomic E-state index is 0.207. The lowest BCUT2D eigenvalue weighted by Gasteiger charge is -2.46. The average Bonchev–Trinajstić information content (AvgIpc) is 0.983. The van der Waals surface area contributed by atoms with Crippen molar-refractivity contribution in [1.82, 2.24) is 85.2 Å². The third kappa shape index (κ3) is 18.6. The number of likely N-dealkylation sites (N-methyl/N-ethyl adjacent to an activating group) is 2. The Bertz CT molecular complexity index is 4850. The highest BCUT2D eigenvalue weighted by atomic mass is 127. The smallest absolute Gasteiger partial charge is 0.229 e. The molecule has 11 aromatic rings. The molecule has 2 atom stereocenters. The standard InChI is InChI=1S/2C26H27N7O.C24H25IN4O.C8H18N2.C3H4N2/c34-25-26(10-15-31(16-11-26)24-18-27-22-7-1-2-8-23(22)30-24)9-4-14-32(25)19-20-5-3-6-21(17-20)33-28-12-13-29-33;34-25-26(10-14-31(15-11-26)24-18-27-22-7-1-2-8-23(22)29-24)9-4-13-32(25)19-20-5-3-6-21(17-20)33-16-12-28-30-33;25-19-6-3-5-18(15-19)17-29-12-4-9-24(23(29)30)10-13-28(14-11-24)22-16-26-20-7-1-2-8-21(20)27-22;1-9-7-5-3-4-6-8(7)10-2;1-2-4-5-3-1/h1-3,5-8,12-13,17-18H,4,9-11,14-16,19H2;1-3,5-8,12,16-18H,4,9-11,13-15,19H2;1-3,5-8,15-16H,4,9-14,17H2;7-10H,3-6H2,1-2H3;1-2H,3H2/t;;;7-,8+;. The van der Waals surface area contributed by atoms with E-state index in [1.54, 1.807) is 34.3 Å². The van der Waals surface area contributed by atoms with Gasteiger partial charge in [0.05, 0.1) is 111 Å². The second-order valence-corrected chi connectivity index (χ2v) is 32.2. The van der Waals surface area contributed by atoms with Crippen LogP contribution in [0.3, 0.4) is 0 Å². The fourth-order valence-electron chi connectivity index (χ4n) is 17.7. The highest BCUT2D eigenvalue weighted by Gasteiger charge is 2.49. The first-order valence-electron chi connectivity index (χ1n) is 40.2. The quantitative estimate of drug-likeness (QED) is 0.102. The number of likely N-dealkylation sites (tertiary alicyclic amines) is 3. The molecule has 3 spiro atoms. The van der Waals surface area contributed by atoms with Gasteiger partial charge in [-0.05, 0) is 222 Å². The number of amides is 3. The summed E-state index contributed by atoms with van der Waals surface area (Å²) in [6.07, 6.45) is 32.8. The van der Waals surface area contributed by atoms with E-state index in [0.29, 0.717) is 42.9 Å². The van der Waals surface area contributed by atoms with E-state index in [9.17, 15) is 14.4 Å². The summed E-state index contributed by atoms with van der Waals surface area (Å²) in [4.78, 5) is 83.6. The predicted octanol–water partition coefficient (Wildman–Crippen LogP) is 13.6. The Kier molecular flexibility index (Phi) is 25.1. The SMILES string of the molecule is C1=CN=NC1.CN[C@H]1CCCC[C@H]1NC.O=C1N(Cc2cccc(-n3ccnn3)c2)CCCC12CCN(c1cnc3ccccc3n1)CC2.O=C1N(Cc2cccc(-n3nccn3)c2)CCCC12CCN(c1cnc3ccccc3n1)CC2.O=C1N(Cc2cccc(I)c2)CCCC12CCN(c1cnc3ccccc3n1)CC2. The lowest BCUT2D eigenvalue weighted by molar-refractivity contribution is -0.149. The maximum atomic E-state index is 13.7. The second-order valence-electron chi connectivity index (χ2n) is 31.0. The minimum atomic E-state index is -0.264. The first-order chi connectivity index (χ1) is 55.4. The van der Waals surface area contributed by atoms with Gasteiger partial charge in [0.25, 0.3) is 0 Å². The van der Waals surface area contributed by atoms with Gasteiger partial charge in [-0.1, -0.05) is 90.9 Å². The predicted molar refractivity (Wildman–Crippen MR) is 449 cm³/mol. The number of rotatable bonds is 13. The summed E-state index contributed by atoms with van der Waals surface area (Å²) < 4.78 is 2.96. The van der Waals surface area contributed by atoms with E-state index >= 15 is 0 Å². The summed E-state index contributed by atoms with van der Waals surface area (Å²) in [5.41, 5.74) is 10.0. The summed E-state index contributed by atoms with van der Waals surface area (Å²) >= 11 is 2.33. The van der Waals surface area contributed by atoms with Crippen LogP contribution in [0.15, 0.2) is 211 Å². The van der Waals surface area contributed by atoms with Gasteiger partial charge in [-0.3, -0.25) is 29.3 Å². The van der Waals surface area contributed by atoms with Gasteiger partial charge in [0, 0.05) is 100 Å². The number of anilines is 3. The average molecular weight is 1630 g/mol. The number of nitrogens with one attached hydrogen (secondary N) is 2. The Labute approximate surface area is 674 Å². The second kappa shape index (κ2) is 36.5. The first-order valence-corrected chi connectivity index (χ1v) is 41.3. The molecule has 6 saturated heterocycles. The highest BCUT2D eigenvalue weighted by molar-refractivity contribution is 14.1. The van der Waals surface area contributed by atoms with Crippen LogP contribution in [-0.4, -0.2) is 184 Å². The van der Waals surface area contributed by atoms with E-state index in [1.807, 2.05) is 133 Å². The van der Waals surface area contributed by atoms with E-state index < -0.39 is 0 Å². The third-order valence-electron chi connectivity index (χ3n) is 24.0. The van der Waals surface area contributed by atoms with Gasteiger partial charge in [0.15, 0.2) is 0 Å². The number of fused-ring (bicyclic) bond motifs is 3. The zero-order valence-corrected chi connectivity index (χ0v) is 66.9. The largest absolute Gasteiger partial charge is 0.355 e.